The van der Waals surface area contributed by atoms with Crippen molar-refractivity contribution in [3.8, 4) is 5.69 Å². The van der Waals surface area contributed by atoms with Crippen LogP contribution in [0.1, 0.15) is 12.8 Å². The SMILES string of the molecule is O=S1(=O)CCCC1CNc1nccn1-c1ccccc1. The fourth-order valence-corrected chi connectivity index (χ4v) is 4.29. The number of para-hydroxylation sites is 1. The highest BCUT2D eigenvalue weighted by Crippen LogP contribution is 2.21. The molecule has 1 aromatic heterocycles. The van der Waals surface area contributed by atoms with E-state index in [-0.39, 0.29) is 5.25 Å². The molecule has 0 saturated carbocycles. The molecule has 0 radical (unpaired) electrons. The van der Waals surface area contributed by atoms with Gasteiger partial charge in [-0.2, -0.15) is 0 Å². The lowest BCUT2D eigenvalue weighted by atomic mass is 10.2. The number of hydrogen-bond acceptors (Lipinski definition) is 4. The van der Waals surface area contributed by atoms with Crippen LogP contribution in [0.5, 0.6) is 0 Å². The van der Waals surface area contributed by atoms with Gasteiger partial charge in [0.15, 0.2) is 9.84 Å². The van der Waals surface area contributed by atoms with E-state index in [9.17, 15) is 8.42 Å². The molecule has 0 aliphatic carbocycles. The first kappa shape index (κ1) is 13.2. The first-order chi connectivity index (χ1) is 9.67. The quantitative estimate of drug-likeness (QED) is 0.934. The Morgan fingerprint density at radius 3 is 2.80 bits per heavy atom. The van der Waals surface area contributed by atoms with Gasteiger partial charge in [-0.05, 0) is 25.0 Å². The van der Waals surface area contributed by atoms with E-state index in [0.29, 0.717) is 18.2 Å². The highest BCUT2D eigenvalue weighted by atomic mass is 32.2. The third-order valence-electron chi connectivity index (χ3n) is 3.63. The molecule has 1 N–H and O–H groups in total. The van der Waals surface area contributed by atoms with E-state index in [1.807, 2.05) is 41.1 Å². The van der Waals surface area contributed by atoms with Gasteiger partial charge >= 0.3 is 0 Å². The molecule has 1 saturated heterocycles. The minimum atomic E-state index is -2.92. The van der Waals surface area contributed by atoms with Crippen molar-refractivity contribution < 1.29 is 8.42 Å². The molecule has 20 heavy (non-hydrogen) atoms. The summed E-state index contributed by atoms with van der Waals surface area (Å²) in [5.74, 6) is 0.991. The number of nitrogens with one attached hydrogen (secondary N) is 1. The van der Waals surface area contributed by atoms with Gasteiger partial charge in [0.1, 0.15) is 0 Å². The van der Waals surface area contributed by atoms with E-state index in [0.717, 1.165) is 18.5 Å². The van der Waals surface area contributed by atoms with Crippen LogP contribution in [-0.2, 0) is 9.84 Å². The minimum Gasteiger partial charge on any atom is -0.354 e. The molecule has 1 unspecified atom stereocenters. The van der Waals surface area contributed by atoms with Crippen LogP contribution in [0.4, 0.5) is 5.95 Å². The van der Waals surface area contributed by atoms with Gasteiger partial charge in [-0.3, -0.25) is 4.57 Å². The van der Waals surface area contributed by atoms with Crippen molar-refractivity contribution in [3.63, 3.8) is 0 Å². The molecule has 2 aromatic rings. The van der Waals surface area contributed by atoms with Gasteiger partial charge in [-0.25, -0.2) is 13.4 Å². The van der Waals surface area contributed by atoms with Crippen molar-refractivity contribution in [2.24, 2.45) is 0 Å². The number of hydrogen-bond donors (Lipinski definition) is 1. The van der Waals surface area contributed by atoms with Crippen LogP contribution in [-0.4, -0.2) is 35.5 Å². The Bertz CT molecular complexity index is 679. The molecule has 1 fully saturated rings. The van der Waals surface area contributed by atoms with E-state index < -0.39 is 9.84 Å². The van der Waals surface area contributed by atoms with Gasteiger partial charge in [-0.15, -0.1) is 0 Å². The second kappa shape index (κ2) is 5.28. The summed E-state index contributed by atoms with van der Waals surface area (Å²) >= 11 is 0. The molecular formula is C14H17N3O2S. The number of aromatic nitrogens is 2. The van der Waals surface area contributed by atoms with E-state index >= 15 is 0 Å². The maximum Gasteiger partial charge on any atom is 0.207 e. The smallest absolute Gasteiger partial charge is 0.207 e. The number of anilines is 1. The number of imidazole rings is 1. The van der Waals surface area contributed by atoms with Gasteiger partial charge in [-0.1, -0.05) is 18.2 Å². The second-order valence-corrected chi connectivity index (χ2v) is 7.37. The largest absolute Gasteiger partial charge is 0.354 e. The standard InChI is InChI=1S/C14H17N3O2S/c18-20(19)10-4-7-13(20)11-16-14-15-8-9-17(14)12-5-2-1-3-6-12/h1-3,5-6,8-9,13H,4,7,10-11H2,(H,15,16). The zero-order chi connectivity index (χ0) is 14.0. The average molecular weight is 291 g/mol. The van der Waals surface area contributed by atoms with Gasteiger partial charge in [0.2, 0.25) is 5.95 Å². The number of nitrogens with zero attached hydrogens (tertiary/aromatic N) is 2. The normalized spacial score (nSPS) is 20.9. The first-order valence-corrected chi connectivity index (χ1v) is 8.42. The van der Waals surface area contributed by atoms with Crippen LogP contribution in [0, 0.1) is 0 Å². The fourth-order valence-electron chi connectivity index (χ4n) is 2.52. The third-order valence-corrected chi connectivity index (χ3v) is 5.90. The molecule has 0 amide bonds. The van der Waals surface area contributed by atoms with Gasteiger partial charge in [0.05, 0.1) is 11.0 Å². The number of benzene rings is 1. The van der Waals surface area contributed by atoms with Crippen molar-refractivity contribution in [1.82, 2.24) is 9.55 Å². The summed E-state index contributed by atoms with van der Waals surface area (Å²) in [6, 6.07) is 9.85. The summed E-state index contributed by atoms with van der Waals surface area (Å²) in [5, 5.41) is 2.87. The Hall–Kier alpha value is -1.82. The van der Waals surface area contributed by atoms with Crippen molar-refractivity contribution in [2.75, 3.05) is 17.6 Å². The summed E-state index contributed by atoms with van der Waals surface area (Å²) in [4.78, 5) is 4.26. The highest BCUT2D eigenvalue weighted by molar-refractivity contribution is 7.92. The summed E-state index contributed by atoms with van der Waals surface area (Å²) < 4.78 is 25.5. The molecule has 1 aliphatic heterocycles. The molecule has 2 heterocycles. The summed E-state index contributed by atoms with van der Waals surface area (Å²) in [5.41, 5.74) is 1.00. The molecule has 1 atom stereocenters. The molecule has 6 heteroatoms. The van der Waals surface area contributed by atoms with Crippen LogP contribution < -0.4 is 5.32 Å². The maximum absolute atomic E-state index is 11.8. The Balaban J connectivity index is 1.75. The van der Waals surface area contributed by atoms with E-state index in [1.54, 1.807) is 6.20 Å². The zero-order valence-corrected chi connectivity index (χ0v) is 11.9. The van der Waals surface area contributed by atoms with Gasteiger partial charge in [0.25, 0.3) is 0 Å². The molecule has 5 nitrogen and oxygen atoms in total. The fraction of sp³-hybridized carbons (Fsp3) is 0.357. The van der Waals surface area contributed by atoms with E-state index in [1.165, 1.54) is 0 Å². The molecule has 3 rings (SSSR count). The maximum atomic E-state index is 11.8. The summed E-state index contributed by atoms with van der Waals surface area (Å²) in [7, 11) is -2.92. The predicted molar refractivity (Wildman–Crippen MR) is 78.9 cm³/mol. The molecule has 0 bridgehead atoms. The predicted octanol–water partition coefficient (Wildman–Crippen LogP) is 1.86. The monoisotopic (exact) mass is 291 g/mol. The Morgan fingerprint density at radius 2 is 2.10 bits per heavy atom. The van der Waals surface area contributed by atoms with Crippen LogP contribution in [0.2, 0.25) is 0 Å². The lowest BCUT2D eigenvalue weighted by Gasteiger charge is -2.13. The van der Waals surface area contributed by atoms with Gasteiger partial charge in [0, 0.05) is 24.6 Å². The topological polar surface area (TPSA) is 64.0 Å². The Labute approximate surface area is 118 Å². The minimum absolute atomic E-state index is 0.288. The van der Waals surface area contributed by atoms with Crippen LogP contribution in [0.15, 0.2) is 42.7 Å². The Morgan fingerprint density at radius 1 is 1.30 bits per heavy atom. The van der Waals surface area contributed by atoms with Crippen molar-refractivity contribution in [1.29, 1.82) is 0 Å². The van der Waals surface area contributed by atoms with Crippen molar-refractivity contribution in [3.05, 3.63) is 42.7 Å². The lowest BCUT2D eigenvalue weighted by molar-refractivity contribution is 0.591. The third kappa shape index (κ3) is 2.56. The Kier molecular flexibility index (Phi) is 3.48. The highest BCUT2D eigenvalue weighted by Gasteiger charge is 2.31. The zero-order valence-electron chi connectivity index (χ0n) is 11.1. The first-order valence-electron chi connectivity index (χ1n) is 6.71. The molecule has 0 spiro atoms. The van der Waals surface area contributed by atoms with Crippen molar-refractivity contribution >= 4 is 15.8 Å². The summed E-state index contributed by atoms with van der Waals surface area (Å²) in [6.45, 7) is 0.423. The molecule has 1 aliphatic rings. The molecule has 1 aromatic carbocycles. The van der Waals surface area contributed by atoms with Crippen LogP contribution >= 0.6 is 0 Å². The number of rotatable bonds is 4. The van der Waals surface area contributed by atoms with Crippen LogP contribution in [0.25, 0.3) is 5.69 Å². The van der Waals surface area contributed by atoms with Crippen LogP contribution in [0.3, 0.4) is 0 Å². The number of sulfone groups is 1. The second-order valence-electron chi connectivity index (χ2n) is 4.97. The lowest BCUT2D eigenvalue weighted by Crippen LogP contribution is -2.26. The van der Waals surface area contributed by atoms with Gasteiger partial charge < -0.3 is 5.32 Å². The molecular weight excluding hydrogens is 274 g/mol. The average Bonchev–Trinajstić information content (AvgIpc) is 3.03. The van der Waals surface area contributed by atoms with E-state index in [2.05, 4.69) is 10.3 Å². The van der Waals surface area contributed by atoms with E-state index in [4.69, 9.17) is 0 Å². The van der Waals surface area contributed by atoms with Crippen molar-refractivity contribution in [2.45, 2.75) is 18.1 Å². The summed E-state index contributed by atoms with van der Waals surface area (Å²) in [6.07, 6.45) is 5.07. The molecule has 106 valence electrons.